The SMILES string of the molecule is CNC(Cc1ccccc1)Cc1c(C)cccc1C. The molecule has 0 aliphatic carbocycles. The van der Waals surface area contributed by atoms with Crippen LogP contribution in [0.3, 0.4) is 0 Å². The summed E-state index contributed by atoms with van der Waals surface area (Å²) in [6, 6.07) is 17.7. The number of likely N-dealkylation sites (N-methyl/N-ethyl adjacent to an activating group) is 1. The Morgan fingerprint density at radius 3 is 2.05 bits per heavy atom. The molecule has 1 atom stereocenters. The molecule has 2 aromatic carbocycles. The molecule has 0 bridgehead atoms. The fourth-order valence-electron chi connectivity index (χ4n) is 2.59. The predicted molar refractivity (Wildman–Crippen MR) is 82.6 cm³/mol. The van der Waals surface area contributed by atoms with Gasteiger partial charge in [0, 0.05) is 6.04 Å². The zero-order valence-electron chi connectivity index (χ0n) is 12.1. The number of hydrogen-bond donors (Lipinski definition) is 1. The predicted octanol–water partition coefficient (Wildman–Crippen LogP) is 3.68. The number of nitrogens with one attached hydrogen (secondary N) is 1. The van der Waals surface area contributed by atoms with Crippen molar-refractivity contribution in [2.24, 2.45) is 0 Å². The molecule has 1 N–H and O–H groups in total. The Hall–Kier alpha value is -1.60. The lowest BCUT2D eigenvalue weighted by molar-refractivity contribution is 0.554. The second-order valence-corrected chi connectivity index (χ2v) is 5.25. The summed E-state index contributed by atoms with van der Waals surface area (Å²) in [5, 5.41) is 3.45. The molecule has 0 fully saturated rings. The molecule has 2 aromatic rings. The highest BCUT2D eigenvalue weighted by Crippen LogP contribution is 2.17. The van der Waals surface area contributed by atoms with Crippen molar-refractivity contribution in [1.82, 2.24) is 5.32 Å². The van der Waals surface area contributed by atoms with Crippen molar-refractivity contribution >= 4 is 0 Å². The quantitative estimate of drug-likeness (QED) is 0.857. The molecular formula is C18H23N. The van der Waals surface area contributed by atoms with Crippen LogP contribution in [-0.2, 0) is 12.8 Å². The van der Waals surface area contributed by atoms with E-state index >= 15 is 0 Å². The fourth-order valence-corrected chi connectivity index (χ4v) is 2.59. The van der Waals surface area contributed by atoms with E-state index in [9.17, 15) is 0 Å². The van der Waals surface area contributed by atoms with Crippen molar-refractivity contribution in [1.29, 1.82) is 0 Å². The Kier molecular flexibility index (Phi) is 4.75. The molecule has 0 heterocycles. The van der Waals surface area contributed by atoms with Gasteiger partial charge in [-0.2, -0.15) is 0 Å². The Balaban J connectivity index is 2.11. The van der Waals surface area contributed by atoms with Gasteiger partial charge < -0.3 is 5.32 Å². The van der Waals surface area contributed by atoms with Crippen LogP contribution in [-0.4, -0.2) is 13.1 Å². The van der Waals surface area contributed by atoms with E-state index in [0.717, 1.165) is 12.8 Å². The molecule has 1 heteroatoms. The monoisotopic (exact) mass is 253 g/mol. The Bertz CT molecular complexity index is 496. The van der Waals surface area contributed by atoms with Crippen LogP contribution < -0.4 is 5.32 Å². The second kappa shape index (κ2) is 6.53. The van der Waals surface area contributed by atoms with Crippen LogP contribution in [0.15, 0.2) is 48.5 Å². The summed E-state index contributed by atoms with van der Waals surface area (Å²) in [7, 11) is 2.06. The molecule has 0 radical (unpaired) electrons. The maximum Gasteiger partial charge on any atom is 0.0145 e. The lowest BCUT2D eigenvalue weighted by atomic mass is 9.93. The standard InChI is InChI=1S/C18H23N/c1-14-8-7-9-15(2)18(14)13-17(19-3)12-16-10-5-4-6-11-16/h4-11,17,19H,12-13H2,1-3H3. The van der Waals surface area contributed by atoms with Gasteiger partial charge in [-0.15, -0.1) is 0 Å². The first-order valence-corrected chi connectivity index (χ1v) is 6.97. The summed E-state index contributed by atoms with van der Waals surface area (Å²) in [6.07, 6.45) is 2.16. The Morgan fingerprint density at radius 1 is 0.842 bits per heavy atom. The topological polar surface area (TPSA) is 12.0 Å². The number of aryl methyl sites for hydroxylation is 2. The third-order valence-corrected chi connectivity index (χ3v) is 3.83. The molecule has 0 aliphatic rings. The average molecular weight is 253 g/mol. The highest BCUT2D eigenvalue weighted by atomic mass is 14.9. The van der Waals surface area contributed by atoms with E-state index in [2.05, 4.69) is 74.7 Å². The van der Waals surface area contributed by atoms with E-state index in [-0.39, 0.29) is 0 Å². The summed E-state index contributed by atoms with van der Waals surface area (Å²) >= 11 is 0. The van der Waals surface area contributed by atoms with Gasteiger partial charge in [-0.25, -0.2) is 0 Å². The van der Waals surface area contributed by atoms with Gasteiger partial charge in [0.15, 0.2) is 0 Å². The summed E-state index contributed by atoms with van der Waals surface area (Å²) in [6.45, 7) is 4.41. The Labute approximate surface area is 116 Å². The Morgan fingerprint density at radius 2 is 1.47 bits per heavy atom. The van der Waals surface area contributed by atoms with Gasteiger partial charge in [0.1, 0.15) is 0 Å². The van der Waals surface area contributed by atoms with Crippen molar-refractivity contribution in [3.8, 4) is 0 Å². The third-order valence-electron chi connectivity index (χ3n) is 3.83. The second-order valence-electron chi connectivity index (χ2n) is 5.25. The molecule has 100 valence electrons. The van der Waals surface area contributed by atoms with Crippen molar-refractivity contribution in [2.45, 2.75) is 32.7 Å². The minimum Gasteiger partial charge on any atom is -0.316 e. The van der Waals surface area contributed by atoms with Crippen LogP contribution >= 0.6 is 0 Å². The minimum absolute atomic E-state index is 0.488. The first-order chi connectivity index (χ1) is 9.20. The van der Waals surface area contributed by atoms with Gasteiger partial charge >= 0.3 is 0 Å². The van der Waals surface area contributed by atoms with Gasteiger partial charge in [0.2, 0.25) is 0 Å². The molecule has 0 spiro atoms. The first-order valence-electron chi connectivity index (χ1n) is 6.97. The molecule has 1 nitrogen and oxygen atoms in total. The van der Waals surface area contributed by atoms with E-state index in [1.165, 1.54) is 22.3 Å². The van der Waals surface area contributed by atoms with Gasteiger partial charge in [-0.1, -0.05) is 48.5 Å². The van der Waals surface area contributed by atoms with Crippen LogP contribution in [0.25, 0.3) is 0 Å². The first kappa shape index (κ1) is 13.8. The molecule has 19 heavy (non-hydrogen) atoms. The van der Waals surface area contributed by atoms with Crippen molar-refractivity contribution in [2.75, 3.05) is 7.05 Å². The van der Waals surface area contributed by atoms with Gasteiger partial charge in [0.25, 0.3) is 0 Å². The number of benzene rings is 2. The maximum absolute atomic E-state index is 3.45. The van der Waals surface area contributed by atoms with Crippen molar-refractivity contribution < 1.29 is 0 Å². The molecule has 0 aliphatic heterocycles. The van der Waals surface area contributed by atoms with Crippen LogP contribution in [0.1, 0.15) is 22.3 Å². The largest absolute Gasteiger partial charge is 0.316 e. The summed E-state index contributed by atoms with van der Waals surface area (Å²) in [5.74, 6) is 0. The molecular weight excluding hydrogens is 230 g/mol. The van der Waals surface area contributed by atoms with Gasteiger partial charge in [0.05, 0.1) is 0 Å². The van der Waals surface area contributed by atoms with Crippen molar-refractivity contribution in [3.05, 3.63) is 70.8 Å². The van der Waals surface area contributed by atoms with E-state index in [4.69, 9.17) is 0 Å². The highest BCUT2D eigenvalue weighted by Gasteiger charge is 2.11. The average Bonchev–Trinajstić information content (AvgIpc) is 2.43. The molecule has 2 rings (SSSR count). The lowest BCUT2D eigenvalue weighted by Gasteiger charge is -2.19. The molecule has 0 saturated heterocycles. The van der Waals surface area contributed by atoms with Crippen LogP contribution in [0.2, 0.25) is 0 Å². The molecule has 0 aromatic heterocycles. The number of rotatable bonds is 5. The molecule has 0 amide bonds. The highest BCUT2D eigenvalue weighted by molar-refractivity contribution is 5.34. The summed E-state index contributed by atoms with van der Waals surface area (Å²) in [5.41, 5.74) is 5.67. The number of hydrogen-bond acceptors (Lipinski definition) is 1. The molecule has 1 unspecified atom stereocenters. The zero-order chi connectivity index (χ0) is 13.7. The van der Waals surface area contributed by atoms with Crippen LogP contribution in [0, 0.1) is 13.8 Å². The van der Waals surface area contributed by atoms with Gasteiger partial charge in [-0.3, -0.25) is 0 Å². The van der Waals surface area contributed by atoms with E-state index in [1.54, 1.807) is 0 Å². The van der Waals surface area contributed by atoms with Gasteiger partial charge in [-0.05, 0) is 56.0 Å². The lowest BCUT2D eigenvalue weighted by Crippen LogP contribution is -2.30. The maximum atomic E-state index is 3.45. The van der Waals surface area contributed by atoms with Crippen LogP contribution in [0.5, 0.6) is 0 Å². The fraction of sp³-hybridized carbons (Fsp3) is 0.333. The summed E-state index contributed by atoms with van der Waals surface area (Å²) < 4.78 is 0. The van der Waals surface area contributed by atoms with E-state index in [0.29, 0.717) is 6.04 Å². The normalized spacial score (nSPS) is 12.4. The third kappa shape index (κ3) is 3.68. The van der Waals surface area contributed by atoms with Crippen molar-refractivity contribution in [3.63, 3.8) is 0 Å². The van der Waals surface area contributed by atoms with E-state index < -0.39 is 0 Å². The smallest absolute Gasteiger partial charge is 0.0145 e. The summed E-state index contributed by atoms with van der Waals surface area (Å²) in [4.78, 5) is 0. The minimum atomic E-state index is 0.488. The van der Waals surface area contributed by atoms with Crippen LogP contribution in [0.4, 0.5) is 0 Å². The zero-order valence-corrected chi connectivity index (χ0v) is 12.1. The molecule has 0 saturated carbocycles. The van der Waals surface area contributed by atoms with E-state index in [1.807, 2.05) is 0 Å².